The molecule has 16 heavy (non-hydrogen) atoms. The molecule has 3 rings (SSSR count). The second-order valence-corrected chi connectivity index (χ2v) is 4.82. The molecule has 1 aliphatic heterocycles. The summed E-state index contributed by atoms with van der Waals surface area (Å²) in [4.78, 5) is 4.47. The Bertz CT molecular complexity index is 523. The molecule has 0 fully saturated rings. The predicted molar refractivity (Wildman–Crippen MR) is 66.3 cm³/mol. The van der Waals surface area contributed by atoms with Crippen molar-refractivity contribution in [3.05, 3.63) is 34.8 Å². The molecule has 0 radical (unpaired) electrons. The maximum absolute atomic E-state index is 5.75. The molecule has 0 amide bonds. The topological polar surface area (TPSA) is 22.1 Å². The number of rotatable bonds is 2. The Labute approximate surface area is 103 Å². The molecule has 0 unspecified atom stereocenters. The molecule has 0 bridgehead atoms. The molecule has 0 spiro atoms. The fraction of sp³-hybridized carbons (Fsp3) is 0.250. The lowest BCUT2D eigenvalue weighted by molar-refractivity contribution is 0.357. The Kier molecular flexibility index (Phi) is 2.58. The first-order valence-corrected chi connectivity index (χ1v) is 6.55. The lowest BCUT2D eigenvalue weighted by atomic mass is 10.1. The first-order chi connectivity index (χ1) is 7.86. The quantitative estimate of drug-likeness (QED) is 0.763. The first kappa shape index (κ1) is 10.1. The van der Waals surface area contributed by atoms with Gasteiger partial charge in [0.2, 0.25) is 0 Å². The van der Waals surface area contributed by atoms with Crippen LogP contribution >= 0.6 is 22.9 Å². The molecular formula is C12H10ClNOS. The third-order valence-corrected chi connectivity index (χ3v) is 3.84. The number of ether oxygens (including phenoxy) is 1. The van der Waals surface area contributed by atoms with Crippen molar-refractivity contribution in [3.63, 3.8) is 0 Å². The summed E-state index contributed by atoms with van der Waals surface area (Å²) in [6, 6.07) is 6.25. The van der Waals surface area contributed by atoms with Gasteiger partial charge in [-0.3, -0.25) is 0 Å². The first-order valence-electron chi connectivity index (χ1n) is 5.13. The average molecular weight is 252 g/mol. The van der Waals surface area contributed by atoms with Crippen LogP contribution in [0.1, 0.15) is 11.3 Å². The molecule has 1 aromatic heterocycles. The van der Waals surface area contributed by atoms with E-state index in [0.29, 0.717) is 5.88 Å². The molecule has 2 heterocycles. The van der Waals surface area contributed by atoms with Crippen molar-refractivity contribution < 1.29 is 4.74 Å². The minimum atomic E-state index is 0.477. The van der Waals surface area contributed by atoms with Crippen molar-refractivity contribution in [2.45, 2.75) is 12.3 Å². The maximum atomic E-state index is 5.75. The van der Waals surface area contributed by atoms with Gasteiger partial charge in [0.1, 0.15) is 10.8 Å². The van der Waals surface area contributed by atoms with Crippen molar-refractivity contribution in [1.82, 2.24) is 4.98 Å². The Morgan fingerprint density at radius 3 is 3.19 bits per heavy atom. The molecule has 82 valence electrons. The van der Waals surface area contributed by atoms with E-state index in [1.54, 1.807) is 11.3 Å². The molecule has 0 atom stereocenters. The van der Waals surface area contributed by atoms with Gasteiger partial charge in [-0.25, -0.2) is 4.98 Å². The van der Waals surface area contributed by atoms with Crippen LogP contribution in [0, 0.1) is 0 Å². The standard InChI is InChI=1S/C12H10ClNOS/c13-6-10-7-16-12(14-10)9-1-2-11-8(5-9)3-4-15-11/h1-2,5,7H,3-4,6H2. The summed E-state index contributed by atoms with van der Waals surface area (Å²) < 4.78 is 5.48. The van der Waals surface area contributed by atoms with Crippen LogP contribution in [0.5, 0.6) is 5.75 Å². The minimum absolute atomic E-state index is 0.477. The van der Waals surface area contributed by atoms with Gasteiger partial charge in [0.05, 0.1) is 18.2 Å². The van der Waals surface area contributed by atoms with Crippen molar-refractivity contribution in [1.29, 1.82) is 0 Å². The zero-order valence-corrected chi connectivity index (χ0v) is 10.1. The summed E-state index contributed by atoms with van der Waals surface area (Å²) in [5.41, 5.74) is 3.38. The number of benzene rings is 1. The van der Waals surface area contributed by atoms with Crippen LogP contribution in [0.25, 0.3) is 10.6 Å². The highest BCUT2D eigenvalue weighted by atomic mass is 35.5. The maximum Gasteiger partial charge on any atom is 0.123 e. The Balaban J connectivity index is 2.00. The van der Waals surface area contributed by atoms with E-state index in [4.69, 9.17) is 16.3 Å². The van der Waals surface area contributed by atoms with Crippen LogP contribution in [0.3, 0.4) is 0 Å². The molecule has 1 aromatic carbocycles. The van der Waals surface area contributed by atoms with Crippen molar-refractivity contribution in [2.24, 2.45) is 0 Å². The highest BCUT2D eigenvalue weighted by molar-refractivity contribution is 7.13. The van der Waals surface area contributed by atoms with Gasteiger partial charge in [0.25, 0.3) is 0 Å². The predicted octanol–water partition coefficient (Wildman–Crippen LogP) is 3.48. The highest BCUT2D eigenvalue weighted by Gasteiger charge is 2.13. The average Bonchev–Trinajstić information content (AvgIpc) is 2.96. The minimum Gasteiger partial charge on any atom is -0.493 e. The number of alkyl halides is 1. The molecule has 0 saturated heterocycles. The molecule has 1 aliphatic rings. The molecule has 4 heteroatoms. The second-order valence-electron chi connectivity index (χ2n) is 3.70. The molecule has 0 aliphatic carbocycles. The number of thiazole rings is 1. The molecule has 2 aromatic rings. The number of fused-ring (bicyclic) bond motifs is 1. The zero-order chi connectivity index (χ0) is 11.0. The van der Waals surface area contributed by atoms with Crippen LogP contribution in [0.4, 0.5) is 0 Å². The lowest BCUT2D eigenvalue weighted by Gasteiger charge is -2.00. The fourth-order valence-electron chi connectivity index (χ4n) is 1.82. The fourth-order valence-corrected chi connectivity index (χ4v) is 2.87. The SMILES string of the molecule is ClCc1csc(-c2ccc3c(c2)CCO3)n1. The van der Waals surface area contributed by atoms with Crippen molar-refractivity contribution in [3.8, 4) is 16.3 Å². The number of hydrogen-bond donors (Lipinski definition) is 0. The smallest absolute Gasteiger partial charge is 0.123 e. The monoisotopic (exact) mass is 251 g/mol. The molecular weight excluding hydrogens is 242 g/mol. The number of aromatic nitrogens is 1. The van der Waals surface area contributed by atoms with E-state index >= 15 is 0 Å². The molecule has 0 saturated carbocycles. The van der Waals surface area contributed by atoms with E-state index < -0.39 is 0 Å². The number of nitrogens with zero attached hydrogens (tertiary/aromatic N) is 1. The summed E-state index contributed by atoms with van der Waals surface area (Å²) in [5, 5.41) is 3.04. The summed E-state index contributed by atoms with van der Waals surface area (Å²) in [5.74, 6) is 1.49. The summed E-state index contributed by atoms with van der Waals surface area (Å²) in [6.07, 6.45) is 0.997. The van der Waals surface area contributed by atoms with E-state index in [2.05, 4.69) is 17.1 Å². The Morgan fingerprint density at radius 1 is 1.44 bits per heavy atom. The van der Waals surface area contributed by atoms with Crippen molar-refractivity contribution >= 4 is 22.9 Å². The zero-order valence-electron chi connectivity index (χ0n) is 8.57. The van der Waals surface area contributed by atoms with Gasteiger partial charge in [-0.05, 0) is 23.8 Å². The normalized spacial score (nSPS) is 13.6. The lowest BCUT2D eigenvalue weighted by Crippen LogP contribution is -1.85. The van der Waals surface area contributed by atoms with Crippen LogP contribution in [0.15, 0.2) is 23.6 Å². The van der Waals surface area contributed by atoms with E-state index in [1.165, 1.54) is 5.56 Å². The van der Waals surface area contributed by atoms with Gasteiger partial charge in [0.15, 0.2) is 0 Å². The summed E-state index contributed by atoms with van der Waals surface area (Å²) in [6.45, 7) is 0.795. The van der Waals surface area contributed by atoms with Crippen LogP contribution in [-0.2, 0) is 12.3 Å². The third-order valence-electron chi connectivity index (χ3n) is 2.63. The summed E-state index contributed by atoms with van der Waals surface area (Å²) in [7, 11) is 0. The van der Waals surface area contributed by atoms with E-state index in [0.717, 1.165) is 35.0 Å². The van der Waals surface area contributed by atoms with Gasteiger partial charge >= 0.3 is 0 Å². The molecule has 0 N–H and O–H groups in total. The Morgan fingerprint density at radius 2 is 2.38 bits per heavy atom. The summed E-state index contributed by atoms with van der Waals surface area (Å²) >= 11 is 7.38. The number of halogens is 1. The largest absolute Gasteiger partial charge is 0.493 e. The Hall–Kier alpha value is -1.06. The van der Waals surface area contributed by atoms with Gasteiger partial charge in [-0.1, -0.05) is 0 Å². The van der Waals surface area contributed by atoms with Crippen LogP contribution < -0.4 is 4.74 Å². The second kappa shape index (κ2) is 4.07. The van der Waals surface area contributed by atoms with Crippen LogP contribution in [0.2, 0.25) is 0 Å². The highest BCUT2D eigenvalue weighted by Crippen LogP contribution is 2.31. The van der Waals surface area contributed by atoms with Gasteiger partial charge in [-0.15, -0.1) is 22.9 Å². The third kappa shape index (κ3) is 1.70. The van der Waals surface area contributed by atoms with Gasteiger partial charge in [-0.2, -0.15) is 0 Å². The molecule has 2 nitrogen and oxygen atoms in total. The van der Waals surface area contributed by atoms with E-state index in [9.17, 15) is 0 Å². The van der Waals surface area contributed by atoms with E-state index in [1.807, 2.05) is 11.4 Å². The number of hydrogen-bond acceptors (Lipinski definition) is 3. The van der Waals surface area contributed by atoms with Gasteiger partial charge in [0, 0.05) is 17.4 Å². The van der Waals surface area contributed by atoms with Crippen LogP contribution in [-0.4, -0.2) is 11.6 Å². The van der Waals surface area contributed by atoms with Gasteiger partial charge < -0.3 is 4.74 Å². The van der Waals surface area contributed by atoms with E-state index in [-0.39, 0.29) is 0 Å². The van der Waals surface area contributed by atoms with Crippen molar-refractivity contribution in [2.75, 3.05) is 6.61 Å².